The van der Waals surface area contributed by atoms with E-state index in [0.29, 0.717) is 10.2 Å². The number of esters is 1. The minimum absolute atomic E-state index is 0.0147. The topological polar surface area (TPSA) is 46.5 Å². The van der Waals surface area contributed by atoms with Gasteiger partial charge in [-0.15, -0.1) is 0 Å². The summed E-state index contributed by atoms with van der Waals surface area (Å²) >= 11 is 3.08. The molecule has 0 radical (unpaired) electrons. The molecule has 0 spiro atoms. The minimum atomic E-state index is -0.375. The molecule has 1 heterocycles. The third-order valence-corrected chi connectivity index (χ3v) is 2.20. The molecular formula is C11H11BrO3. The van der Waals surface area contributed by atoms with Crippen LogP contribution in [0, 0.1) is 0 Å². The highest BCUT2D eigenvalue weighted by Crippen LogP contribution is 2.22. The Kier molecular flexibility index (Phi) is 4.52. The smallest absolute Gasteiger partial charge is 0.350 e. The highest BCUT2D eigenvalue weighted by atomic mass is 79.9. The normalized spacial score (nSPS) is 19.9. The van der Waals surface area contributed by atoms with Crippen LogP contribution in [0.15, 0.2) is 46.2 Å². The Morgan fingerprint density at radius 3 is 2.93 bits per heavy atom. The second kappa shape index (κ2) is 5.68. The van der Waals surface area contributed by atoms with Crippen molar-refractivity contribution in [3.05, 3.63) is 46.2 Å². The Hall–Kier alpha value is -1.13. The van der Waals surface area contributed by atoms with Crippen molar-refractivity contribution in [1.82, 2.24) is 0 Å². The zero-order chi connectivity index (χ0) is 11.3. The molecule has 0 saturated heterocycles. The third-order valence-electron chi connectivity index (χ3n) is 1.65. The first-order chi connectivity index (χ1) is 7.13. The van der Waals surface area contributed by atoms with Gasteiger partial charge in [0.25, 0.3) is 0 Å². The van der Waals surface area contributed by atoms with Gasteiger partial charge in [-0.3, -0.25) is 0 Å². The van der Waals surface area contributed by atoms with E-state index in [4.69, 9.17) is 9.84 Å². The molecule has 0 aromatic carbocycles. The third kappa shape index (κ3) is 3.85. The van der Waals surface area contributed by atoms with Gasteiger partial charge in [-0.05, 0) is 34.5 Å². The molecule has 1 rings (SSSR count). The molecule has 1 aliphatic rings. The van der Waals surface area contributed by atoms with Crippen LogP contribution < -0.4 is 0 Å². The van der Waals surface area contributed by atoms with Crippen LogP contribution >= 0.6 is 15.9 Å². The lowest BCUT2D eigenvalue weighted by molar-refractivity contribution is -0.132. The second-order valence-corrected chi connectivity index (χ2v) is 3.80. The number of hydrogen-bond acceptors (Lipinski definition) is 3. The van der Waals surface area contributed by atoms with Crippen molar-refractivity contribution < 1.29 is 14.6 Å². The zero-order valence-electron chi connectivity index (χ0n) is 8.24. The molecule has 1 aliphatic heterocycles. The molecule has 0 fully saturated rings. The van der Waals surface area contributed by atoms with Crippen LogP contribution in [0.25, 0.3) is 0 Å². The molecule has 1 N–H and O–H groups in total. The van der Waals surface area contributed by atoms with E-state index in [0.717, 1.165) is 5.57 Å². The first kappa shape index (κ1) is 11.9. The number of cyclic esters (lactones) is 1. The fourth-order valence-corrected chi connectivity index (χ4v) is 1.30. The molecule has 0 bridgehead atoms. The Balaban J connectivity index is 2.69. The van der Waals surface area contributed by atoms with Gasteiger partial charge in [0.1, 0.15) is 10.2 Å². The number of carbonyl (C=O) groups excluding carboxylic acids is 1. The van der Waals surface area contributed by atoms with Crippen molar-refractivity contribution in [2.45, 2.75) is 6.92 Å². The van der Waals surface area contributed by atoms with Gasteiger partial charge in [0.15, 0.2) is 0 Å². The average molecular weight is 271 g/mol. The van der Waals surface area contributed by atoms with Crippen molar-refractivity contribution in [2.24, 2.45) is 0 Å². The fraction of sp³-hybridized carbons (Fsp3) is 0.182. The molecule has 15 heavy (non-hydrogen) atoms. The summed E-state index contributed by atoms with van der Waals surface area (Å²) < 4.78 is 5.34. The van der Waals surface area contributed by atoms with Crippen molar-refractivity contribution in [3.63, 3.8) is 0 Å². The van der Waals surface area contributed by atoms with Crippen LogP contribution in [0.5, 0.6) is 0 Å². The summed E-state index contributed by atoms with van der Waals surface area (Å²) in [6, 6.07) is 0. The SMILES string of the molecule is CC(/C=C1/C=C(Br)C(=O)O1)=C\C=C\CO. The van der Waals surface area contributed by atoms with E-state index in [1.807, 2.05) is 13.0 Å². The summed E-state index contributed by atoms with van der Waals surface area (Å²) in [5.41, 5.74) is 0.931. The zero-order valence-corrected chi connectivity index (χ0v) is 9.82. The maximum atomic E-state index is 11.0. The van der Waals surface area contributed by atoms with Crippen LogP contribution in [0.4, 0.5) is 0 Å². The van der Waals surface area contributed by atoms with Crippen LogP contribution in [0.2, 0.25) is 0 Å². The number of allylic oxidation sites excluding steroid dienone is 5. The minimum Gasteiger partial charge on any atom is -0.422 e. The summed E-state index contributed by atoms with van der Waals surface area (Å²) in [4.78, 5) is 11.0. The van der Waals surface area contributed by atoms with Gasteiger partial charge in [0, 0.05) is 6.08 Å². The lowest BCUT2D eigenvalue weighted by atomic mass is 10.2. The molecule has 0 atom stereocenters. The van der Waals surface area contributed by atoms with Gasteiger partial charge in [0.05, 0.1) is 6.61 Å². The Morgan fingerprint density at radius 2 is 2.40 bits per heavy atom. The van der Waals surface area contributed by atoms with Crippen molar-refractivity contribution in [1.29, 1.82) is 0 Å². The van der Waals surface area contributed by atoms with Gasteiger partial charge < -0.3 is 9.84 Å². The summed E-state index contributed by atoms with van der Waals surface area (Å²) in [5.74, 6) is 0.137. The van der Waals surface area contributed by atoms with Gasteiger partial charge in [0.2, 0.25) is 0 Å². The van der Waals surface area contributed by atoms with E-state index < -0.39 is 0 Å². The summed E-state index contributed by atoms with van der Waals surface area (Å²) in [6.45, 7) is 1.89. The monoisotopic (exact) mass is 270 g/mol. The largest absolute Gasteiger partial charge is 0.422 e. The molecule has 0 unspecified atom stereocenters. The van der Waals surface area contributed by atoms with E-state index in [2.05, 4.69) is 15.9 Å². The Bertz CT molecular complexity index is 375. The number of rotatable bonds is 3. The standard InChI is InChI=1S/C11H11BrO3/c1-8(4-2-3-5-13)6-9-7-10(12)11(14)15-9/h2-4,6-7,13H,5H2,1H3/b3-2+,8-4+,9-6-. The lowest BCUT2D eigenvalue weighted by Gasteiger charge is -1.95. The van der Waals surface area contributed by atoms with Crippen LogP contribution in [0.1, 0.15) is 6.92 Å². The van der Waals surface area contributed by atoms with E-state index in [-0.39, 0.29) is 12.6 Å². The number of aliphatic hydroxyl groups is 1. The van der Waals surface area contributed by atoms with Crippen LogP contribution in [-0.2, 0) is 9.53 Å². The first-order valence-corrected chi connectivity index (χ1v) is 5.18. The molecule has 0 amide bonds. The Labute approximate surface area is 96.6 Å². The quantitative estimate of drug-likeness (QED) is 0.632. The van der Waals surface area contributed by atoms with Crippen LogP contribution in [-0.4, -0.2) is 17.7 Å². The molecule has 4 heteroatoms. The van der Waals surface area contributed by atoms with Gasteiger partial charge in [-0.1, -0.05) is 18.2 Å². The molecular weight excluding hydrogens is 260 g/mol. The van der Waals surface area contributed by atoms with E-state index in [9.17, 15) is 4.79 Å². The molecule has 0 saturated carbocycles. The molecule has 0 aliphatic carbocycles. The van der Waals surface area contributed by atoms with E-state index >= 15 is 0 Å². The maximum Gasteiger partial charge on any atom is 0.350 e. The first-order valence-electron chi connectivity index (χ1n) is 4.39. The summed E-state index contributed by atoms with van der Waals surface area (Å²) in [5, 5.41) is 8.52. The number of halogens is 1. The maximum absolute atomic E-state index is 11.0. The molecule has 0 aromatic rings. The van der Waals surface area contributed by atoms with Crippen molar-refractivity contribution in [2.75, 3.05) is 6.61 Å². The summed E-state index contributed by atoms with van der Waals surface area (Å²) in [6.07, 6.45) is 8.54. The molecule has 80 valence electrons. The highest BCUT2D eigenvalue weighted by Gasteiger charge is 2.17. The van der Waals surface area contributed by atoms with E-state index in [1.54, 1.807) is 24.3 Å². The number of carbonyl (C=O) groups is 1. The van der Waals surface area contributed by atoms with Gasteiger partial charge in [-0.25, -0.2) is 4.79 Å². The molecule has 0 aromatic heterocycles. The number of aliphatic hydroxyl groups excluding tert-OH is 1. The number of ether oxygens (including phenoxy) is 1. The predicted molar refractivity (Wildman–Crippen MR) is 61.2 cm³/mol. The fourth-order valence-electron chi connectivity index (χ4n) is 0.993. The van der Waals surface area contributed by atoms with Crippen LogP contribution in [0.3, 0.4) is 0 Å². The van der Waals surface area contributed by atoms with E-state index in [1.165, 1.54) is 0 Å². The highest BCUT2D eigenvalue weighted by molar-refractivity contribution is 9.12. The second-order valence-electron chi connectivity index (χ2n) is 2.95. The Morgan fingerprint density at radius 1 is 1.67 bits per heavy atom. The predicted octanol–water partition coefficient (Wildman–Crippen LogP) is 2.20. The van der Waals surface area contributed by atoms with Gasteiger partial charge in [-0.2, -0.15) is 0 Å². The van der Waals surface area contributed by atoms with Crippen molar-refractivity contribution in [3.8, 4) is 0 Å². The number of hydrogen-bond donors (Lipinski definition) is 1. The average Bonchev–Trinajstić information content (AvgIpc) is 2.46. The summed E-state index contributed by atoms with van der Waals surface area (Å²) in [7, 11) is 0. The van der Waals surface area contributed by atoms with Crippen molar-refractivity contribution >= 4 is 21.9 Å². The molecule has 3 nitrogen and oxygen atoms in total. The lowest BCUT2D eigenvalue weighted by Crippen LogP contribution is -1.93. The van der Waals surface area contributed by atoms with Gasteiger partial charge >= 0.3 is 5.97 Å².